The van der Waals surface area contributed by atoms with Crippen molar-refractivity contribution in [3.63, 3.8) is 0 Å². The molecule has 0 fully saturated rings. The van der Waals surface area contributed by atoms with E-state index in [1.165, 1.54) is 10.4 Å². The predicted octanol–water partition coefficient (Wildman–Crippen LogP) is 4.89. The minimum atomic E-state index is 0.830. The zero-order valence-electron chi connectivity index (χ0n) is 9.96. The highest BCUT2D eigenvalue weighted by Gasteiger charge is 2.03. The van der Waals surface area contributed by atoms with Gasteiger partial charge in [0, 0.05) is 15.9 Å². The van der Waals surface area contributed by atoms with Crippen LogP contribution in [0.15, 0.2) is 40.9 Å². The van der Waals surface area contributed by atoms with E-state index >= 15 is 0 Å². The lowest BCUT2D eigenvalue weighted by atomic mass is 10.1. The second-order valence-corrected chi connectivity index (χ2v) is 6.69. The minimum Gasteiger partial charge on any atom is -0.312 e. The highest BCUT2D eigenvalue weighted by Crippen LogP contribution is 2.31. The van der Waals surface area contributed by atoms with Crippen molar-refractivity contribution in [3.05, 3.63) is 55.6 Å². The van der Waals surface area contributed by atoms with E-state index in [0.717, 1.165) is 34.7 Å². The molecule has 1 N–H and O–H groups in total. The van der Waals surface area contributed by atoms with E-state index in [-0.39, 0.29) is 0 Å². The summed E-state index contributed by atoms with van der Waals surface area (Å²) >= 11 is 11.0. The molecule has 96 valence electrons. The average Bonchev–Trinajstić information content (AvgIpc) is 2.70. The molecule has 2 rings (SSSR count). The fraction of sp³-hybridized carbons (Fsp3) is 0.286. The second-order valence-electron chi connectivity index (χ2n) is 4.10. The summed E-state index contributed by atoms with van der Waals surface area (Å²) in [6, 6.07) is 12.7. The zero-order valence-corrected chi connectivity index (χ0v) is 13.1. The summed E-state index contributed by atoms with van der Waals surface area (Å²) in [7, 11) is 0. The molecule has 0 aliphatic rings. The summed E-state index contributed by atoms with van der Waals surface area (Å²) in [5, 5.41) is 3.44. The molecule has 4 heteroatoms. The number of hydrogen-bond donors (Lipinski definition) is 1. The molecular formula is C14H15BrClNS. The van der Waals surface area contributed by atoms with E-state index in [1.807, 2.05) is 0 Å². The fourth-order valence-electron chi connectivity index (χ4n) is 1.75. The number of nitrogens with one attached hydrogen (secondary N) is 1. The molecule has 0 unspecified atom stereocenters. The Labute approximate surface area is 125 Å². The second kappa shape index (κ2) is 7.29. The van der Waals surface area contributed by atoms with Gasteiger partial charge in [0.2, 0.25) is 0 Å². The Morgan fingerprint density at radius 1 is 1.22 bits per heavy atom. The topological polar surface area (TPSA) is 12.0 Å². The van der Waals surface area contributed by atoms with Crippen LogP contribution in [-0.2, 0) is 13.0 Å². The fourth-order valence-corrected chi connectivity index (χ4v) is 3.51. The van der Waals surface area contributed by atoms with Crippen molar-refractivity contribution in [2.75, 3.05) is 6.54 Å². The average molecular weight is 345 g/mol. The van der Waals surface area contributed by atoms with Crippen LogP contribution in [0.3, 0.4) is 0 Å². The van der Waals surface area contributed by atoms with Gasteiger partial charge in [0.1, 0.15) is 4.34 Å². The maximum absolute atomic E-state index is 5.99. The zero-order chi connectivity index (χ0) is 12.8. The molecule has 1 heterocycles. The number of rotatable bonds is 6. The van der Waals surface area contributed by atoms with Crippen LogP contribution in [0.25, 0.3) is 0 Å². The van der Waals surface area contributed by atoms with Gasteiger partial charge in [0.05, 0.1) is 0 Å². The molecule has 0 bridgehead atoms. The Hall–Kier alpha value is -0.350. The minimum absolute atomic E-state index is 0.830. The van der Waals surface area contributed by atoms with Crippen LogP contribution in [0.5, 0.6) is 0 Å². The molecular weight excluding hydrogens is 330 g/mol. The van der Waals surface area contributed by atoms with Crippen molar-refractivity contribution in [1.29, 1.82) is 0 Å². The summed E-state index contributed by atoms with van der Waals surface area (Å²) < 4.78 is 1.83. The lowest BCUT2D eigenvalue weighted by Gasteiger charge is -2.03. The molecule has 0 saturated carbocycles. The molecule has 1 aromatic heterocycles. The Kier molecular flexibility index (Phi) is 5.70. The van der Waals surface area contributed by atoms with Crippen LogP contribution >= 0.6 is 38.9 Å². The van der Waals surface area contributed by atoms with E-state index in [9.17, 15) is 0 Å². The number of aryl methyl sites for hydroxylation is 1. The molecule has 1 nitrogen and oxygen atoms in total. The van der Waals surface area contributed by atoms with Crippen LogP contribution in [-0.4, -0.2) is 6.54 Å². The number of hydrogen-bond acceptors (Lipinski definition) is 2. The molecule has 0 spiro atoms. The van der Waals surface area contributed by atoms with Gasteiger partial charge in [-0.05, 0) is 46.9 Å². The van der Waals surface area contributed by atoms with Gasteiger partial charge < -0.3 is 5.32 Å². The summed E-state index contributed by atoms with van der Waals surface area (Å²) in [5.74, 6) is 0. The molecule has 0 amide bonds. The molecule has 0 atom stereocenters. The summed E-state index contributed by atoms with van der Waals surface area (Å²) in [6.07, 6.45) is 2.28. The normalized spacial score (nSPS) is 10.8. The molecule has 0 aliphatic carbocycles. The first kappa shape index (κ1) is 14.1. The van der Waals surface area contributed by atoms with Crippen LogP contribution in [0.4, 0.5) is 0 Å². The van der Waals surface area contributed by atoms with Gasteiger partial charge in [0.15, 0.2) is 0 Å². The number of benzene rings is 1. The molecule has 0 saturated heterocycles. The van der Waals surface area contributed by atoms with E-state index in [0.29, 0.717) is 0 Å². The first-order valence-corrected chi connectivity index (χ1v) is 7.93. The third-order valence-electron chi connectivity index (χ3n) is 2.66. The van der Waals surface area contributed by atoms with Gasteiger partial charge in [-0.2, -0.15) is 0 Å². The van der Waals surface area contributed by atoms with Crippen molar-refractivity contribution in [2.24, 2.45) is 0 Å². The van der Waals surface area contributed by atoms with Crippen LogP contribution in [0.2, 0.25) is 4.34 Å². The van der Waals surface area contributed by atoms with E-state index in [2.05, 4.69) is 57.6 Å². The summed E-state index contributed by atoms with van der Waals surface area (Å²) in [6.45, 7) is 1.92. The molecule has 1 aromatic carbocycles. The van der Waals surface area contributed by atoms with Crippen LogP contribution in [0.1, 0.15) is 16.9 Å². The lowest BCUT2D eigenvalue weighted by Crippen LogP contribution is -2.14. The first-order chi connectivity index (χ1) is 8.75. The maximum atomic E-state index is 5.99. The van der Waals surface area contributed by atoms with E-state index < -0.39 is 0 Å². The van der Waals surface area contributed by atoms with Crippen molar-refractivity contribution < 1.29 is 0 Å². The van der Waals surface area contributed by atoms with E-state index in [4.69, 9.17) is 11.6 Å². The van der Waals surface area contributed by atoms with Gasteiger partial charge in [-0.1, -0.05) is 41.9 Å². The lowest BCUT2D eigenvalue weighted by molar-refractivity contribution is 0.654. The third-order valence-corrected chi connectivity index (χ3v) is 5.13. The van der Waals surface area contributed by atoms with Gasteiger partial charge in [-0.3, -0.25) is 0 Å². The Bertz CT molecular complexity index is 464. The third kappa shape index (κ3) is 4.39. The van der Waals surface area contributed by atoms with Crippen molar-refractivity contribution in [2.45, 2.75) is 19.4 Å². The smallest absolute Gasteiger partial charge is 0.107 e. The largest absolute Gasteiger partial charge is 0.312 e. The van der Waals surface area contributed by atoms with Gasteiger partial charge in [-0.15, -0.1) is 11.3 Å². The summed E-state index contributed by atoms with van der Waals surface area (Å²) in [4.78, 5) is 1.27. The number of halogens is 2. The Morgan fingerprint density at radius 3 is 2.67 bits per heavy atom. The molecule has 2 aromatic rings. The highest BCUT2D eigenvalue weighted by atomic mass is 79.9. The molecule has 18 heavy (non-hydrogen) atoms. The van der Waals surface area contributed by atoms with Crippen molar-refractivity contribution >= 4 is 38.9 Å². The monoisotopic (exact) mass is 343 g/mol. The highest BCUT2D eigenvalue weighted by molar-refractivity contribution is 9.10. The Balaban J connectivity index is 1.64. The Morgan fingerprint density at radius 2 is 2.00 bits per heavy atom. The quantitative estimate of drug-likeness (QED) is 0.736. The SMILES string of the molecule is Clc1sc(CNCCCc2ccccc2)cc1Br. The standard InChI is InChI=1S/C14H15BrClNS/c15-13-9-12(18-14(13)16)10-17-8-4-7-11-5-2-1-3-6-11/h1-3,5-6,9,17H,4,7-8,10H2. The molecule has 0 aliphatic heterocycles. The van der Waals surface area contributed by atoms with Gasteiger partial charge in [-0.25, -0.2) is 0 Å². The van der Waals surface area contributed by atoms with E-state index in [1.54, 1.807) is 11.3 Å². The van der Waals surface area contributed by atoms with Crippen molar-refractivity contribution in [1.82, 2.24) is 5.32 Å². The predicted molar refractivity (Wildman–Crippen MR) is 83.5 cm³/mol. The summed E-state index contributed by atoms with van der Waals surface area (Å²) in [5.41, 5.74) is 1.40. The van der Waals surface area contributed by atoms with Gasteiger partial charge in [0.25, 0.3) is 0 Å². The number of thiophene rings is 1. The van der Waals surface area contributed by atoms with Crippen molar-refractivity contribution in [3.8, 4) is 0 Å². The van der Waals surface area contributed by atoms with Crippen LogP contribution < -0.4 is 5.32 Å². The first-order valence-electron chi connectivity index (χ1n) is 5.94. The van der Waals surface area contributed by atoms with Gasteiger partial charge >= 0.3 is 0 Å². The maximum Gasteiger partial charge on any atom is 0.107 e. The molecule has 0 radical (unpaired) electrons. The van der Waals surface area contributed by atoms with Crippen LogP contribution in [0, 0.1) is 0 Å².